The van der Waals surface area contributed by atoms with Gasteiger partial charge in [-0.25, -0.2) is 4.79 Å². The van der Waals surface area contributed by atoms with Gasteiger partial charge in [-0.1, -0.05) is 42.5 Å². The van der Waals surface area contributed by atoms with Gasteiger partial charge < -0.3 is 4.90 Å². The van der Waals surface area contributed by atoms with Crippen LogP contribution < -0.4 is 5.69 Å². The maximum atomic E-state index is 13.0. The lowest BCUT2D eigenvalue weighted by molar-refractivity contribution is -0.132. The summed E-state index contributed by atoms with van der Waals surface area (Å²) in [4.78, 5) is 27.5. The van der Waals surface area contributed by atoms with Crippen molar-refractivity contribution in [2.24, 2.45) is 7.05 Å². The number of nitrogens with zero attached hydrogens (tertiary/aromatic N) is 3. The zero-order valence-electron chi connectivity index (χ0n) is 15.0. The first kappa shape index (κ1) is 16.6. The second-order valence-corrected chi connectivity index (χ2v) is 6.99. The largest absolute Gasteiger partial charge is 0.338 e. The molecule has 1 aliphatic heterocycles. The van der Waals surface area contributed by atoms with Gasteiger partial charge in [-0.3, -0.25) is 13.9 Å². The molecule has 1 amide bonds. The fraction of sp³-hybridized carbons (Fsp3) is 0.333. The third-order valence-electron chi connectivity index (χ3n) is 5.36. The SMILES string of the molecule is Cn1c(=O)n(CC(=O)N2CCCC2Cc2ccccc2)c2ccccc21. The standard InChI is InChI=1S/C21H23N3O2/c1-22-18-11-5-6-12-19(18)24(21(22)26)15-20(25)23-13-7-10-17(23)14-16-8-3-2-4-9-16/h2-6,8-9,11-12,17H,7,10,13-15H2,1H3. The number of carbonyl (C=O) groups excluding carboxylic acids is 1. The maximum Gasteiger partial charge on any atom is 0.329 e. The van der Waals surface area contributed by atoms with Crippen molar-refractivity contribution in [2.45, 2.75) is 31.8 Å². The highest BCUT2D eigenvalue weighted by atomic mass is 16.2. The van der Waals surface area contributed by atoms with Gasteiger partial charge in [-0.15, -0.1) is 0 Å². The Hall–Kier alpha value is -2.82. The van der Waals surface area contributed by atoms with Crippen LogP contribution in [-0.4, -0.2) is 32.5 Å². The van der Waals surface area contributed by atoms with E-state index in [0.717, 1.165) is 36.8 Å². The van der Waals surface area contributed by atoms with Crippen LogP contribution in [-0.2, 0) is 24.8 Å². The number of aromatic nitrogens is 2. The van der Waals surface area contributed by atoms with Gasteiger partial charge in [-0.2, -0.15) is 0 Å². The summed E-state index contributed by atoms with van der Waals surface area (Å²) in [7, 11) is 1.75. The molecule has 1 aliphatic rings. The number of amides is 1. The molecule has 4 rings (SSSR count). The minimum absolute atomic E-state index is 0.0295. The normalized spacial score (nSPS) is 17.1. The first-order valence-corrected chi connectivity index (χ1v) is 9.13. The monoisotopic (exact) mass is 349 g/mol. The van der Waals surface area contributed by atoms with Crippen LogP contribution in [0, 0.1) is 0 Å². The Morgan fingerprint density at radius 2 is 1.73 bits per heavy atom. The van der Waals surface area contributed by atoms with Crippen LogP contribution in [0.15, 0.2) is 59.4 Å². The van der Waals surface area contributed by atoms with Crippen molar-refractivity contribution in [1.29, 1.82) is 0 Å². The smallest absolute Gasteiger partial charge is 0.329 e. The van der Waals surface area contributed by atoms with Crippen molar-refractivity contribution in [3.8, 4) is 0 Å². The molecular weight excluding hydrogens is 326 g/mol. The summed E-state index contributed by atoms with van der Waals surface area (Å²) in [6.07, 6.45) is 2.91. The molecule has 1 aromatic heterocycles. The predicted octanol–water partition coefficient (Wildman–Crippen LogP) is 2.57. The van der Waals surface area contributed by atoms with Gasteiger partial charge in [0.25, 0.3) is 0 Å². The Bertz CT molecular complexity index is 987. The number of carbonyl (C=O) groups is 1. The average Bonchev–Trinajstić information content (AvgIpc) is 3.22. The fourth-order valence-corrected chi connectivity index (χ4v) is 4.00. The van der Waals surface area contributed by atoms with Crippen molar-refractivity contribution in [2.75, 3.05) is 6.54 Å². The van der Waals surface area contributed by atoms with Gasteiger partial charge in [0, 0.05) is 19.6 Å². The van der Waals surface area contributed by atoms with Gasteiger partial charge >= 0.3 is 5.69 Å². The lowest BCUT2D eigenvalue weighted by atomic mass is 10.0. The lowest BCUT2D eigenvalue weighted by Crippen LogP contribution is -2.40. The van der Waals surface area contributed by atoms with Crippen molar-refractivity contribution in [3.05, 3.63) is 70.6 Å². The van der Waals surface area contributed by atoms with E-state index < -0.39 is 0 Å². The van der Waals surface area contributed by atoms with E-state index in [0.29, 0.717) is 0 Å². The molecule has 0 saturated carbocycles. The minimum Gasteiger partial charge on any atom is -0.338 e. The molecule has 2 heterocycles. The molecule has 3 aromatic rings. The van der Waals surface area contributed by atoms with Crippen LogP contribution in [0.1, 0.15) is 18.4 Å². The van der Waals surface area contributed by atoms with Gasteiger partial charge in [0.05, 0.1) is 11.0 Å². The second kappa shape index (κ2) is 6.83. The number of fused-ring (bicyclic) bond motifs is 1. The van der Waals surface area contributed by atoms with Gasteiger partial charge in [0.2, 0.25) is 5.91 Å². The maximum absolute atomic E-state index is 13.0. The van der Waals surface area contributed by atoms with E-state index in [1.165, 1.54) is 5.56 Å². The molecule has 1 fully saturated rings. The average molecular weight is 349 g/mol. The van der Waals surface area contributed by atoms with E-state index in [4.69, 9.17) is 0 Å². The number of likely N-dealkylation sites (tertiary alicyclic amines) is 1. The number of para-hydroxylation sites is 2. The highest BCUT2D eigenvalue weighted by Gasteiger charge is 2.29. The van der Waals surface area contributed by atoms with Gasteiger partial charge in [-0.05, 0) is 37.0 Å². The quantitative estimate of drug-likeness (QED) is 0.727. The summed E-state index contributed by atoms with van der Waals surface area (Å²) in [6, 6.07) is 18.1. The summed E-state index contributed by atoms with van der Waals surface area (Å²) in [5.74, 6) is 0.0295. The van der Waals surface area contributed by atoms with E-state index in [9.17, 15) is 9.59 Å². The van der Waals surface area contributed by atoms with E-state index >= 15 is 0 Å². The molecular formula is C21H23N3O2. The molecule has 5 nitrogen and oxygen atoms in total. The molecule has 2 aromatic carbocycles. The molecule has 0 bridgehead atoms. The molecule has 1 unspecified atom stereocenters. The molecule has 1 saturated heterocycles. The summed E-state index contributed by atoms with van der Waals surface area (Å²) >= 11 is 0. The number of aryl methyl sites for hydroxylation is 1. The number of benzene rings is 2. The molecule has 0 aliphatic carbocycles. The lowest BCUT2D eigenvalue weighted by Gasteiger charge is -2.25. The Kier molecular flexibility index (Phi) is 4.37. The molecule has 0 spiro atoms. The third kappa shape index (κ3) is 2.94. The van der Waals surface area contributed by atoms with E-state index in [1.807, 2.05) is 47.4 Å². The fourth-order valence-electron chi connectivity index (χ4n) is 4.00. The molecule has 26 heavy (non-hydrogen) atoms. The summed E-state index contributed by atoms with van der Waals surface area (Å²) in [6.45, 7) is 0.876. The molecule has 0 N–H and O–H groups in total. The van der Waals surface area contributed by atoms with E-state index in [-0.39, 0.29) is 24.2 Å². The van der Waals surface area contributed by atoms with E-state index in [1.54, 1.807) is 16.2 Å². The van der Waals surface area contributed by atoms with Crippen molar-refractivity contribution in [1.82, 2.24) is 14.0 Å². The Morgan fingerprint density at radius 1 is 1.04 bits per heavy atom. The molecule has 1 atom stereocenters. The molecule has 0 radical (unpaired) electrons. The van der Waals surface area contributed by atoms with Crippen LogP contribution in [0.5, 0.6) is 0 Å². The van der Waals surface area contributed by atoms with Crippen molar-refractivity contribution >= 4 is 16.9 Å². The van der Waals surface area contributed by atoms with E-state index in [2.05, 4.69) is 12.1 Å². The third-order valence-corrected chi connectivity index (χ3v) is 5.36. The highest BCUT2D eigenvalue weighted by molar-refractivity contribution is 5.81. The summed E-state index contributed by atoms with van der Waals surface area (Å²) in [5, 5.41) is 0. The predicted molar refractivity (Wildman–Crippen MR) is 102 cm³/mol. The second-order valence-electron chi connectivity index (χ2n) is 6.99. The molecule has 5 heteroatoms. The van der Waals surface area contributed by atoms with Gasteiger partial charge in [0.1, 0.15) is 6.54 Å². The number of rotatable bonds is 4. The zero-order chi connectivity index (χ0) is 18.1. The van der Waals surface area contributed by atoms with Crippen molar-refractivity contribution in [3.63, 3.8) is 0 Å². The molecule has 134 valence electrons. The van der Waals surface area contributed by atoms with Crippen LogP contribution in [0.3, 0.4) is 0 Å². The Morgan fingerprint density at radius 3 is 2.50 bits per heavy atom. The van der Waals surface area contributed by atoms with Gasteiger partial charge in [0.15, 0.2) is 0 Å². The van der Waals surface area contributed by atoms with Crippen LogP contribution in [0.2, 0.25) is 0 Å². The highest BCUT2D eigenvalue weighted by Crippen LogP contribution is 2.22. The van der Waals surface area contributed by atoms with Crippen LogP contribution >= 0.6 is 0 Å². The zero-order valence-corrected chi connectivity index (χ0v) is 15.0. The number of imidazole rings is 1. The Labute approximate surface area is 152 Å². The van der Waals surface area contributed by atoms with Crippen LogP contribution in [0.4, 0.5) is 0 Å². The summed E-state index contributed by atoms with van der Waals surface area (Å²) < 4.78 is 3.20. The Balaban J connectivity index is 1.56. The number of hydrogen-bond acceptors (Lipinski definition) is 2. The number of hydrogen-bond donors (Lipinski definition) is 0. The van der Waals surface area contributed by atoms with Crippen LogP contribution in [0.25, 0.3) is 11.0 Å². The first-order chi connectivity index (χ1) is 12.6. The topological polar surface area (TPSA) is 47.2 Å². The minimum atomic E-state index is -0.140. The first-order valence-electron chi connectivity index (χ1n) is 9.13. The summed E-state index contributed by atoms with van der Waals surface area (Å²) in [5.41, 5.74) is 2.78. The van der Waals surface area contributed by atoms with Crippen molar-refractivity contribution < 1.29 is 4.79 Å².